The van der Waals surface area contributed by atoms with Crippen LogP contribution in [0.3, 0.4) is 0 Å². The van der Waals surface area contributed by atoms with Gasteiger partial charge in [0.1, 0.15) is 22.9 Å². The smallest absolute Gasteiger partial charge is 0.189 e. The van der Waals surface area contributed by atoms with Gasteiger partial charge in [-0.2, -0.15) is 0 Å². The maximum atomic E-state index is 14.1. The van der Waals surface area contributed by atoms with Crippen molar-refractivity contribution >= 4 is 5.78 Å². The van der Waals surface area contributed by atoms with E-state index < -0.39 is 5.60 Å². The largest absolute Gasteiger partial charge is 0.508 e. The van der Waals surface area contributed by atoms with Crippen molar-refractivity contribution in [3.63, 3.8) is 0 Å². The molecule has 1 aromatic rings. The summed E-state index contributed by atoms with van der Waals surface area (Å²) in [5.41, 5.74) is 0.286. The van der Waals surface area contributed by atoms with Crippen LogP contribution in [0.2, 0.25) is 0 Å². The minimum absolute atomic E-state index is 0.0301. The highest BCUT2D eigenvalue weighted by Crippen LogP contribution is 2.44. The van der Waals surface area contributed by atoms with E-state index in [0.717, 1.165) is 0 Å². The van der Waals surface area contributed by atoms with Gasteiger partial charge >= 0.3 is 0 Å². The quantitative estimate of drug-likeness (QED) is 0.932. The number of benzene rings is 1. The molecule has 0 amide bonds. The maximum absolute atomic E-state index is 14.1. The van der Waals surface area contributed by atoms with Gasteiger partial charge in [0.05, 0.1) is 0 Å². The molecule has 1 aliphatic heterocycles. The minimum atomic E-state index is -0.666. The third-order valence-corrected chi connectivity index (χ3v) is 4.67. The van der Waals surface area contributed by atoms with Gasteiger partial charge in [0, 0.05) is 12.5 Å². The van der Waals surface area contributed by atoms with Gasteiger partial charge in [-0.3, -0.25) is 4.79 Å². The van der Waals surface area contributed by atoms with Crippen LogP contribution in [0.15, 0.2) is 24.0 Å². The van der Waals surface area contributed by atoms with Gasteiger partial charge in [-0.1, -0.05) is 6.92 Å². The van der Waals surface area contributed by atoms with E-state index in [9.17, 15) is 14.3 Å². The van der Waals surface area contributed by atoms with Gasteiger partial charge in [0.2, 0.25) is 0 Å². The van der Waals surface area contributed by atoms with E-state index in [2.05, 4.69) is 0 Å². The molecule has 1 saturated heterocycles. The number of aryl methyl sites for hydroxylation is 1. The van der Waals surface area contributed by atoms with Gasteiger partial charge in [0.15, 0.2) is 12.6 Å². The molecule has 1 aliphatic carbocycles. The lowest BCUT2D eigenvalue weighted by Gasteiger charge is -2.35. The lowest BCUT2D eigenvalue weighted by Crippen LogP contribution is -2.41. The molecule has 0 bridgehead atoms. The monoisotopic (exact) mass is 306 g/mol. The lowest BCUT2D eigenvalue weighted by atomic mass is 9.76. The Labute approximate surface area is 128 Å². The number of carbonyl (C=O) groups is 1. The topological polar surface area (TPSA) is 55.8 Å². The van der Waals surface area contributed by atoms with Crippen molar-refractivity contribution in [2.45, 2.75) is 38.7 Å². The Kier molecular flexibility index (Phi) is 3.68. The first kappa shape index (κ1) is 15.0. The Morgan fingerprint density at radius 2 is 2.23 bits per heavy atom. The standard InChI is InChI=1S/C17H19FO4/c1-10-5-14(18)12(7-15(10)20)6-11(2)17-4-3-13(19)8-16(17)21-9-22-17/h5,7-8,11,20H,3-4,6,9H2,1-2H3/t11-,17+/m0/s1. The normalized spacial score (nSPS) is 25.4. The highest BCUT2D eigenvalue weighted by atomic mass is 19.1. The van der Waals surface area contributed by atoms with Gasteiger partial charge in [-0.25, -0.2) is 4.39 Å². The van der Waals surface area contributed by atoms with E-state index in [4.69, 9.17) is 9.47 Å². The minimum Gasteiger partial charge on any atom is -0.508 e. The zero-order chi connectivity index (χ0) is 15.9. The van der Waals surface area contributed by atoms with Crippen molar-refractivity contribution in [3.05, 3.63) is 40.9 Å². The molecule has 118 valence electrons. The Balaban J connectivity index is 1.88. The average molecular weight is 306 g/mol. The molecule has 0 unspecified atom stereocenters. The number of hydrogen-bond acceptors (Lipinski definition) is 4. The molecule has 1 heterocycles. The zero-order valence-corrected chi connectivity index (χ0v) is 12.7. The number of phenols is 1. The third kappa shape index (κ3) is 2.39. The summed E-state index contributed by atoms with van der Waals surface area (Å²) in [5, 5.41) is 9.79. The molecule has 0 saturated carbocycles. The molecule has 22 heavy (non-hydrogen) atoms. The second-order valence-electron chi connectivity index (χ2n) is 6.11. The highest BCUT2D eigenvalue weighted by Gasteiger charge is 2.49. The van der Waals surface area contributed by atoms with Crippen molar-refractivity contribution in [3.8, 4) is 5.75 Å². The first-order valence-electron chi connectivity index (χ1n) is 7.42. The fourth-order valence-electron chi connectivity index (χ4n) is 3.27. The highest BCUT2D eigenvalue weighted by molar-refractivity contribution is 5.91. The molecule has 0 spiro atoms. The molecule has 5 heteroatoms. The van der Waals surface area contributed by atoms with Crippen molar-refractivity contribution < 1.29 is 23.8 Å². The molecule has 3 rings (SSSR count). The summed E-state index contributed by atoms with van der Waals surface area (Å²) < 4.78 is 25.3. The van der Waals surface area contributed by atoms with Crippen molar-refractivity contribution in [2.75, 3.05) is 6.79 Å². The number of halogens is 1. The number of phenolic OH excluding ortho intramolecular Hbond substituents is 1. The number of rotatable bonds is 3. The molecule has 1 N–H and O–H groups in total. The van der Waals surface area contributed by atoms with Crippen LogP contribution in [0, 0.1) is 18.7 Å². The molecule has 0 aromatic heterocycles. The van der Waals surface area contributed by atoms with Gasteiger partial charge < -0.3 is 14.6 Å². The Morgan fingerprint density at radius 1 is 1.45 bits per heavy atom. The summed E-state index contributed by atoms with van der Waals surface area (Å²) in [6.07, 6.45) is 2.83. The molecule has 2 atom stereocenters. The summed E-state index contributed by atoms with van der Waals surface area (Å²) in [6.45, 7) is 3.73. The third-order valence-electron chi connectivity index (χ3n) is 4.67. The first-order chi connectivity index (χ1) is 10.4. The molecule has 1 fully saturated rings. The zero-order valence-electron chi connectivity index (χ0n) is 12.7. The SMILES string of the molecule is Cc1cc(F)c(C[C@H](C)[C@]23CCC(=O)C=C2OCO3)cc1O. The van der Waals surface area contributed by atoms with Gasteiger partial charge in [-0.05, 0) is 48.9 Å². The molecule has 4 nitrogen and oxygen atoms in total. The summed E-state index contributed by atoms with van der Waals surface area (Å²) >= 11 is 0. The molecule has 1 aromatic carbocycles. The van der Waals surface area contributed by atoms with E-state index in [1.807, 2.05) is 6.92 Å². The van der Waals surface area contributed by atoms with Crippen molar-refractivity contribution in [2.24, 2.45) is 5.92 Å². The fourth-order valence-corrected chi connectivity index (χ4v) is 3.27. The van der Waals surface area contributed by atoms with Crippen LogP contribution in [-0.2, 0) is 20.7 Å². The van der Waals surface area contributed by atoms with E-state index in [0.29, 0.717) is 36.1 Å². The van der Waals surface area contributed by atoms with E-state index in [-0.39, 0.29) is 30.1 Å². The Hall–Kier alpha value is -1.88. The molecular weight excluding hydrogens is 287 g/mol. The van der Waals surface area contributed by atoms with E-state index >= 15 is 0 Å². The number of ketones is 1. The number of fused-ring (bicyclic) bond motifs is 1. The first-order valence-corrected chi connectivity index (χ1v) is 7.42. The van der Waals surface area contributed by atoms with Crippen LogP contribution in [0.5, 0.6) is 5.75 Å². The van der Waals surface area contributed by atoms with Crippen LogP contribution in [0.25, 0.3) is 0 Å². The number of allylic oxidation sites excluding steroid dienone is 1. The van der Waals surface area contributed by atoms with Crippen LogP contribution < -0.4 is 0 Å². The fraction of sp³-hybridized carbons (Fsp3) is 0.471. The summed E-state index contributed by atoms with van der Waals surface area (Å²) in [7, 11) is 0. The van der Waals surface area contributed by atoms with Crippen LogP contribution in [-0.4, -0.2) is 23.3 Å². The number of aromatic hydroxyl groups is 1. The van der Waals surface area contributed by atoms with Gasteiger partial charge in [0.25, 0.3) is 0 Å². The summed E-state index contributed by atoms with van der Waals surface area (Å²) in [6, 6.07) is 2.80. The number of hydrogen-bond donors (Lipinski definition) is 1. The Bertz CT molecular complexity index is 652. The predicted octanol–water partition coefficient (Wildman–Crippen LogP) is 3.01. The van der Waals surface area contributed by atoms with E-state index in [1.54, 1.807) is 6.92 Å². The van der Waals surface area contributed by atoms with Crippen LogP contribution >= 0.6 is 0 Å². The number of carbonyl (C=O) groups excluding carboxylic acids is 1. The maximum Gasteiger partial charge on any atom is 0.189 e. The van der Waals surface area contributed by atoms with E-state index in [1.165, 1.54) is 18.2 Å². The Morgan fingerprint density at radius 3 is 3.00 bits per heavy atom. The second kappa shape index (κ2) is 5.39. The second-order valence-corrected chi connectivity index (χ2v) is 6.11. The van der Waals surface area contributed by atoms with Gasteiger partial charge in [-0.15, -0.1) is 0 Å². The molecular formula is C17H19FO4. The average Bonchev–Trinajstić information content (AvgIpc) is 2.88. The predicted molar refractivity (Wildman–Crippen MR) is 77.8 cm³/mol. The lowest BCUT2D eigenvalue weighted by molar-refractivity contribution is -0.117. The van der Waals surface area contributed by atoms with Crippen molar-refractivity contribution in [1.82, 2.24) is 0 Å². The summed E-state index contributed by atoms with van der Waals surface area (Å²) in [5.74, 6) is 0.246. The van der Waals surface area contributed by atoms with Crippen LogP contribution in [0.1, 0.15) is 30.9 Å². The number of ether oxygens (including phenoxy) is 2. The summed E-state index contributed by atoms with van der Waals surface area (Å²) in [4.78, 5) is 11.6. The molecule has 2 aliphatic rings. The molecule has 0 radical (unpaired) electrons. The van der Waals surface area contributed by atoms with Crippen LogP contribution in [0.4, 0.5) is 4.39 Å². The van der Waals surface area contributed by atoms with Crippen molar-refractivity contribution in [1.29, 1.82) is 0 Å².